The fraction of sp³-hybridized carbons (Fsp3) is 0.758. The van der Waals surface area contributed by atoms with Gasteiger partial charge in [0.15, 0.2) is 0 Å². The molecule has 0 aliphatic heterocycles. The van der Waals surface area contributed by atoms with Gasteiger partial charge in [-0.05, 0) is 95.9 Å². The normalized spacial score (nSPS) is 12.3. The van der Waals surface area contributed by atoms with Crippen molar-refractivity contribution in [2.75, 3.05) is 45.8 Å². The van der Waals surface area contributed by atoms with Crippen molar-refractivity contribution in [2.24, 2.45) is 0 Å². The SMILES string of the molecule is C=CCN(CCCN(C/C=C/CN(CCCNC(=O)OC(C)(C)C)C(=O)OC(C)(C)C)C(=O)OC(C)(C)C)C(=O)OC(C)(C)C. The van der Waals surface area contributed by atoms with Crippen molar-refractivity contribution in [3.05, 3.63) is 24.8 Å². The Hall–Kier alpha value is -3.44. The lowest BCUT2D eigenvalue weighted by Gasteiger charge is -2.29. The highest BCUT2D eigenvalue weighted by Gasteiger charge is 2.25. The number of carbonyl (C=O) groups excluding carboxylic acids is 4. The standard InChI is InChI=1S/C33H60N4O8/c1-14-20-35(27(39)43-31(5,6)7)24-18-25-37(29(41)45-33(11,12)13)22-16-15-21-36(28(40)44-32(8,9)10)23-17-19-34-26(38)42-30(2,3)4/h14-16H,1,17-25H2,2-13H3,(H,34,38)/b16-15+. The van der Waals surface area contributed by atoms with Crippen LogP contribution in [0.5, 0.6) is 0 Å². The highest BCUT2D eigenvalue weighted by atomic mass is 16.6. The molecule has 0 radical (unpaired) electrons. The Balaban J connectivity index is 5.44. The Morgan fingerprint density at radius 2 is 0.889 bits per heavy atom. The van der Waals surface area contributed by atoms with Gasteiger partial charge in [-0.1, -0.05) is 18.2 Å². The van der Waals surface area contributed by atoms with E-state index in [0.29, 0.717) is 45.6 Å². The third kappa shape index (κ3) is 22.7. The number of ether oxygens (including phenoxy) is 4. The largest absolute Gasteiger partial charge is 0.444 e. The first-order valence-electron chi connectivity index (χ1n) is 15.6. The van der Waals surface area contributed by atoms with Crippen LogP contribution in [-0.4, -0.2) is 107 Å². The quantitative estimate of drug-likeness (QED) is 0.126. The average Bonchev–Trinajstić information content (AvgIpc) is 2.81. The molecular formula is C33H60N4O8. The maximum atomic E-state index is 13.0. The molecule has 0 aromatic rings. The average molecular weight is 641 g/mol. The minimum Gasteiger partial charge on any atom is -0.444 e. The number of nitrogens with zero attached hydrogens (tertiary/aromatic N) is 3. The van der Waals surface area contributed by atoms with Crippen LogP contribution < -0.4 is 5.32 Å². The van der Waals surface area contributed by atoms with Crippen molar-refractivity contribution in [2.45, 2.75) is 118 Å². The van der Waals surface area contributed by atoms with E-state index in [-0.39, 0.29) is 13.1 Å². The van der Waals surface area contributed by atoms with E-state index in [9.17, 15) is 19.2 Å². The van der Waals surface area contributed by atoms with E-state index < -0.39 is 46.8 Å². The van der Waals surface area contributed by atoms with Crippen LogP contribution in [0.15, 0.2) is 24.8 Å². The van der Waals surface area contributed by atoms with Gasteiger partial charge in [-0.2, -0.15) is 0 Å². The second-order valence-corrected chi connectivity index (χ2v) is 14.7. The number of rotatable bonds is 14. The molecule has 0 rings (SSSR count). The zero-order valence-electron chi connectivity index (χ0n) is 29.9. The van der Waals surface area contributed by atoms with Gasteiger partial charge in [-0.15, -0.1) is 6.58 Å². The molecule has 0 aromatic heterocycles. The lowest BCUT2D eigenvalue weighted by molar-refractivity contribution is 0.0221. The summed E-state index contributed by atoms with van der Waals surface area (Å²) in [5.74, 6) is 0. The van der Waals surface area contributed by atoms with Crippen LogP contribution in [-0.2, 0) is 18.9 Å². The third-order valence-corrected chi connectivity index (χ3v) is 5.25. The number of hydrogen-bond donors (Lipinski definition) is 1. The van der Waals surface area contributed by atoms with E-state index in [1.54, 1.807) is 106 Å². The van der Waals surface area contributed by atoms with E-state index in [1.165, 1.54) is 9.80 Å². The Bertz CT molecular complexity index is 985. The fourth-order valence-electron chi connectivity index (χ4n) is 3.54. The second-order valence-electron chi connectivity index (χ2n) is 14.7. The Morgan fingerprint density at radius 3 is 1.22 bits per heavy atom. The predicted octanol–water partition coefficient (Wildman–Crippen LogP) is 6.74. The Morgan fingerprint density at radius 1 is 0.556 bits per heavy atom. The molecule has 0 fully saturated rings. The molecule has 0 saturated carbocycles. The van der Waals surface area contributed by atoms with Crippen LogP contribution in [0, 0.1) is 0 Å². The molecule has 0 unspecified atom stereocenters. The minimum atomic E-state index is -0.689. The zero-order valence-corrected chi connectivity index (χ0v) is 29.9. The van der Waals surface area contributed by atoms with E-state index >= 15 is 0 Å². The molecule has 0 heterocycles. The molecule has 45 heavy (non-hydrogen) atoms. The molecule has 12 nitrogen and oxygen atoms in total. The predicted molar refractivity (Wildman–Crippen MR) is 176 cm³/mol. The summed E-state index contributed by atoms with van der Waals surface area (Å²) in [5, 5.41) is 2.69. The van der Waals surface area contributed by atoms with Crippen LogP contribution in [0.25, 0.3) is 0 Å². The maximum Gasteiger partial charge on any atom is 0.410 e. The van der Waals surface area contributed by atoms with Gasteiger partial charge in [0.25, 0.3) is 0 Å². The van der Waals surface area contributed by atoms with Crippen molar-refractivity contribution in [1.29, 1.82) is 0 Å². The van der Waals surface area contributed by atoms with Gasteiger partial charge in [-0.25, -0.2) is 19.2 Å². The first-order chi connectivity index (χ1) is 20.4. The first-order valence-corrected chi connectivity index (χ1v) is 15.6. The van der Waals surface area contributed by atoms with Gasteiger partial charge >= 0.3 is 24.4 Å². The van der Waals surface area contributed by atoms with Crippen LogP contribution in [0.4, 0.5) is 19.2 Å². The molecule has 0 spiro atoms. The zero-order chi connectivity index (χ0) is 35.1. The monoisotopic (exact) mass is 640 g/mol. The molecule has 0 aliphatic rings. The van der Waals surface area contributed by atoms with Gasteiger partial charge in [-0.3, -0.25) is 0 Å². The fourth-order valence-corrected chi connectivity index (χ4v) is 3.54. The molecule has 12 heteroatoms. The number of alkyl carbamates (subject to hydrolysis) is 1. The van der Waals surface area contributed by atoms with Gasteiger partial charge in [0.2, 0.25) is 0 Å². The molecule has 0 saturated heterocycles. The van der Waals surface area contributed by atoms with Crippen molar-refractivity contribution in [1.82, 2.24) is 20.0 Å². The summed E-state index contributed by atoms with van der Waals surface area (Å²) in [7, 11) is 0. The van der Waals surface area contributed by atoms with Crippen LogP contribution >= 0.6 is 0 Å². The molecule has 4 amide bonds. The summed E-state index contributed by atoms with van der Waals surface area (Å²) in [6, 6.07) is 0. The molecule has 1 N–H and O–H groups in total. The Labute approximate surface area is 271 Å². The molecule has 0 bridgehead atoms. The van der Waals surface area contributed by atoms with Gasteiger partial charge in [0.05, 0.1) is 0 Å². The molecule has 0 aromatic carbocycles. The number of amides is 4. The summed E-state index contributed by atoms with van der Waals surface area (Å²) in [5.41, 5.74) is -2.61. The third-order valence-electron chi connectivity index (χ3n) is 5.25. The smallest absolute Gasteiger partial charge is 0.410 e. The topological polar surface area (TPSA) is 127 Å². The molecule has 0 aliphatic carbocycles. The van der Waals surface area contributed by atoms with E-state index in [4.69, 9.17) is 18.9 Å². The maximum absolute atomic E-state index is 13.0. The summed E-state index contributed by atoms with van der Waals surface area (Å²) in [4.78, 5) is 55.1. The van der Waals surface area contributed by atoms with Gasteiger partial charge < -0.3 is 39.0 Å². The Kier molecular flexibility index (Phi) is 17.1. The van der Waals surface area contributed by atoms with Gasteiger partial charge in [0, 0.05) is 45.8 Å². The highest BCUT2D eigenvalue weighted by molar-refractivity contribution is 5.70. The van der Waals surface area contributed by atoms with Crippen molar-refractivity contribution in [3.8, 4) is 0 Å². The van der Waals surface area contributed by atoms with E-state index in [0.717, 1.165) is 0 Å². The summed E-state index contributed by atoms with van der Waals surface area (Å²) >= 11 is 0. The van der Waals surface area contributed by atoms with Crippen LogP contribution in [0.1, 0.15) is 95.9 Å². The van der Waals surface area contributed by atoms with E-state index in [1.807, 2.05) is 0 Å². The lowest BCUT2D eigenvalue weighted by Crippen LogP contribution is -2.41. The summed E-state index contributed by atoms with van der Waals surface area (Å²) < 4.78 is 21.9. The summed E-state index contributed by atoms with van der Waals surface area (Å²) in [6.45, 7) is 27.4. The van der Waals surface area contributed by atoms with Crippen molar-refractivity contribution >= 4 is 24.4 Å². The number of nitrogens with one attached hydrogen (secondary N) is 1. The number of carbonyl (C=O) groups is 4. The lowest BCUT2D eigenvalue weighted by atomic mass is 10.2. The second kappa shape index (κ2) is 18.5. The van der Waals surface area contributed by atoms with Crippen LogP contribution in [0.2, 0.25) is 0 Å². The minimum absolute atomic E-state index is 0.227. The van der Waals surface area contributed by atoms with Crippen molar-refractivity contribution in [3.63, 3.8) is 0 Å². The van der Waals surface area contributed by atoms with Crippen LogP contribution in [0.3, 0.4) is 0 Å². The number of hydrogen-bond acceptors (Lipinski definition) is 8. The first kappa shape index (κ1) is 41.6. The highest BCUT2D eigenvalue weighted by Crippen LogP contribution is 2.14. The van der Waals surface area contributed by atoms with Crippen molar-refractivity contribution < 1.29 is 38.1 Å². The molecule has 260 valence electrons. The molecule has 0 atom stereocenters. The van der Waals surface area contributed by atoms with E-state index in [2.05, 4.69) is 11.9 Å². The molecular weight excluding hydrogens is 580 g/mol. The summed E-state index contributed by atoms with van der Waals surface area (Å²) in [6.07, 6.45) is 4.21. The van der Waals surface area contributed by atoms with Gasteiger partial charge in [0.1, 0.15) is 22.4 Å².